The van der Waals surface area contributed by atoms with Crippen molar-refractivity contribution in [3.63, 3.8) is 0 Å². The summed E-state index contributed by atoms with van der Waals surface area (Å²) in [6, 6.07) is 8.06. The Morgan fingerprint density at radius 1 is 1.14 bits per heavy atom. The molecule has 1 aliphatic carbocycles. The first-order valence-electron chi connectivity index (χ1n) is 7.46. The van der Waals surface area contributed by atoms with Crippen molar-refractivity contribution in [2.75, 3.05) is 0 Å². The number of fused-ring (bicyclic) bond motifs is 2. The molecule has 0 N–H and O–H groups in total. The fraction of sp³-hybridized carbons (Fsp3) is 0.294. The summed E-state index contributed by atoms with van der Waals surface area (Å²) in [6.45, 7) is 4.12. The van der Waals surface area contributed by atoms with Gasteiger partial charge in [0.05, 0.1) is 11.3 Å². The Morgan fingerprint density at radius 2 is 1.91 bits per heavy atom. The summed E-state index contributed by atoms with van der Waals surface area (Å²) in [6.07, 6.45) is 3.18. The fourth-order valence-electron chi connectivity index (χ4n) is 2.90. The standard InChI is InChI=1S/C17H16N4O/c1-10-3-5-12(6-4-10)16-19-17-18-14-7-11(2)8-15(22)13(14)9-21(17)20-16/h3-6,9,11H,7-8H2,1-2H3/t11-/m0/s1. The molecule has 4 rings (SSSR count). The molecule has 2 heterocycles. The van der Waals surface area contributed by atoms with Crippen LogP contribution < -0.4 is 0 Å². The van der Waals surface area contributed by atoms with Gasteiger partial charge in [-0.25, -0.2) is 9.50 Å². The van der Waals surface area contributed by atoms with E-state index in [1.54, 1.807) is 10.7 Å². The number of hydrogen-bond acceptors (Lipinski definition) is 4. The van der Waals surface area contributed by atoms with Crippen LogP contribution in [0.5, 0.6) is 0 Å². The Kier molecular flexibility index (Phi) is 2.82. The molecule has 110 valence electrons. The summed E-state index contributed by atoms with van der Waals surface area (Å²) in [5, 5.41) is 4.47. The highest BCUT2D eigenvalue weighted by molar-refractivity contribution is 5.98. The molecule has 1 atom stereocenters. The van der Waals surface area contributed by atoms with Gasteiger partial charge >= 0.3 is 0 Å². The average Bonchev–Trinajstić information content (AvgIpc) is 2.89. The van der Waals surface area contributed by atoms with E-state index < -0.39 is 0 Å². The summed E-state index contributed by atoms with van der Waals surface area (Å²) in [5.74, 6) is 1.68. The first-order valence-corrected chi connectivity index (χ1v) is 7.46. The van der Waals surface area contributed by atoms with Crippen LogP contribution in [0.1, 0.15) is 35.0 Å². The predicted octanol–water partition coefficient (Wildman–Crippen LogP) is 2.86. The van der Waals surface area contributed by atoms with Crippen LogP contribution in [0.25, 0.3) is 17.2 Å². The maximum absolute atomic E-state index is 12.2. The molecule has 0 bridgehead atoms. The number of ketones is 1. The number of carbonyl (C=O) groups excluding carboxylic acids is 1. The molecular formula is C17H16N4O. The Labute approximate surface area is 128 Å². The van der Waals surface area contributed by atoms with Gasteiger partial charge in [-0.3, -0.25) is 4.79 Å². The number of nitrogens with zero attached hydrogens (tertiary/aromatic N) is 4. The minimum atomic E-state index is 0.149. The van der Waals surface area contributed by atoms with Crippen molar-refractivity contribution in [2.45, 2.75) is 26.7 Å². The Hall–Kier alpha value is -2.56. The topological polar surface area (TPSA) is 60.1 Å². The predicted molar refractivity (Wildman–Crippen MR) is 82.8 cm³/mol. The van der Waals surface area contributed by atoms with Gasteiger partial charge in [-0.05, 0) is 19.3 Å². The minimum Gasteiger partial charge on any atom is -0.294 e. The van der Waals surface area contributed by atoms with Crippen LogP contribution in [0.4, 0.5) is 0 Å². The Balaban J connectivity index is 1.84. The van der Waals surface area contributed by atoms with Gasteiger partial charge in [-0.1, -0.05) is 36.8 Å². The number of Topliss-reactive ketones (excluding diaryl/α,β-unsaturated/α-hetero) is 1. The van der Waals surface area contributed by atoms with Gasteiger partial charge in [0.2, 0.25) is 0 Å². The third kappa shape index (κ3) is 2.09. The second kappa shape index (κ2) is 4.73. The molecule has 0 saturated carbocycles. The lowest BCUT2D eigenvalue weighted by atomic mass is 9.88. The molecule has 0 spiro atoms. The first kappa shape index (κ1) is 13.1. The molecular weight excluding hydrogens is 276 g/mol. The SMILES string of the molecule is Cc1ccc(-c2nc3nc4c(cn3n2)C(=O)C[C@@H](C)C4)cc1. The van der Waals surface area contributed by atoms with E-state index in [2.05, 4.69) is 22.0 Å². The van der Waals surface area contributed by atoms with Crippen molar-refractivity contribution in [1.82, 2.24) is 19.6 Å². The van der Waals surface area contributed by atoms with Crippen LogP contribution in [0, 0.1) is 12.8 Å². The monoisotopic (exact) mass is 292 g/mol. The van der Waals surface area contributed by atoms with E-state index in [9.17, 15) is 4.79 Å². The zero-order chi connectivity index (χ0) is 15.3. The van der Waals surface area contributed by atoms with E-state index in [4.69, 9.17) is 0 Å². The lowest BCUT2D eigenvalue weighted by molar-refractivity contribution is 0.0951. The van der Waals surface area contributed by atoms with Gasteiger partial charge in [-0.15, -0.1) is 5.10 Å². The number of rotatable bonds is 1. The van der Waals surface area contributed by atoms with Gasteiger partial charge in [0.25, 0.3) is 5.78 Å². The summed E-state index contributed by atoms with van der Waals surface area (Å²) in [4.78, 5) is 21.2. The molecule has 5 heteroatoms. The maximum atomic E-state index is 12.2. The first-order chi connectivity index (χ1) is 10.6. The molecule has 1 aromatic carbocycles. The van der Waals surface area contributed by atoms with Crippen molar-refractivity contribution < 1.29 is 4.79 Å². The molecule has 0 aliphatic heterocycles. The molecule has 3 aromatic rings. The third-order valence-electron chi connectivity index (χ3n) is 4.10. The Morgan fingerprint density at radius 3 is 2.68 bits per heavy atom. The molecule has 22 heavy (non-hydrogen) atoms. The molecule has 2 aromatic heterocycles. The minimum absolute atomic E-state index is 0.149. The second-order valence-electron chi connectivity index (χ2n) is 6.08. The Bertz CT molecular complexity index is 880. The summed E-state index contributed by atoms with van der Waals surface area (Å²) in [7, 11) is 0. The van der Waals surface area contributed by atoms with Gasteiger partial charge in [-0.2, -0.15) is 4.98 Å². The van der Waals surface area contributed by atoms with Crippen LogP contribution in [0.15, 0.2) is 30.5 Å². The van der Waals surface area contributed by atoms with Gasteiger partial charge < -0.3 is 0 Å². The largest absolute Gasteiger partial charge is 0.294 e. The zero-order valence-corrected chi connectivity index (χ0v) is 12.6. The van der Waals surface area contributed by atoms with E-state index >= 15 is 0 Å². The fourth-order valence-corrected chi connectivity index (χ4v) is 2.90. The van der Waals surface area contributed by atoms with E-state index in [1.165, 1.54) is 5.56 Å². The molecule has 0 radical (unpaired) electrons. The molecule has 5 nitrogen and oxygen atoms in total. The lowest BCUT2D eigenvalue weighted by Crippen LogP contribution is -2.20. The lowest BCUT2D eigenvalue weighted by Gasteiger charge is -2.18. The highest BCUT2D eigenvalue weighted by Crippen LogP contribution is 2.25. The van der Waals surface area contributed by atoms with Crippen LogP contribution >= 0.6 is 0 Å². The number of aromatic nitrogens is 4. The number of aryl methyl sites for hydroxylation is 1. The van der Waals surface area contributed by atoms with Gasteiger partial charge in [0.15, 0.2) is 11.6 Å². The van der Waals surface area contributed by atoms with Gasteiger partial charge in [0.1, 0.15) is 0 Å². The number of hydrogen-bond donors (Lipinski definition) is 0. The number of benzene rings is 1. The van der Waals surface area contributed by atoms with Crippen LogP contribution in [0.2, 0.25) is 0 Å². The highest BCUT2D eigenvalue weighted by atomic mass is 16.1. The van der Waals surface area contributed by atoms with Crippen molar-refractivity contribution in [2.24, 2.45) is 5.92 Å². The summed E-state index contributed by atoms with van der Waals surface area (Å²) in [5.41, 5.74) is 3.68. The van der Waals surface area contributed by atoms with Crippen LogP contribution in [0.3, 0.4) is 0 Å². The summed E-state index contributed by atoms with van der Waals surface area (Å²) < 4.78 is 1.61. The molecule has 0 fully saturated rings. The van der Waals surface area contributed by atoms with E-state index in [1.807, 2.05) is 31.2 Å². The van der Waals surface area contributed by atoms with E-state index in [-0.39, 0.29) is 5.78 Å². The quantitative estimate of drug-likeness (QED) is 0.692. The van der Waals surface area contributed by atoms with Crippen molar-refractivity contribution in [3.05, 3.63) is 47.3 Å². The third-order valence-corrected chi connectivity index (χ3v) is 4.10. The van der Waals surface area contributed by atoms with Crippen molar-refractivity contribution >= 4 is 11.6 Å². The normalized spacial score (nSPS) is 17.7. The zero-order valence-electron chi connectivity index (χ0n) is 12.6. The molecule has 0 saturated heterocycles. The van der Waals surface area contributed by atoms with Crippen LogP contribution in [-0.4, -0.2) is 25.4 Å². The van der Waals surface area contributed by atoms with Crippen molar-refractivity contribution in [1.29, 1.82) is 0 Å². The molecule has 0 unspecified atom stereocenters. The van der Waals surface area contributed by atoms with Gasteiger partial charge in [0, 0.05) is 18.2 Å². The van der Waals surface area contributed by atoms with Crippen molar-refractivity contribution in [3.8, 4) is 11.4 Å². The highest BCUT2D eigenvalue weighted by Gasteiger charge is 2.25. The summed E-state index contributed by atoms with van der Waals surface area (Å²) >= 11 is 0. The smallest absolute Gasteiger partial charge is 0.252 e. The van der Waals surface area contributed by atoms with E-state index in [0.717, 1.165) is 17.7 Å². The molecule has 1 aliphatic rings. The van der Waals surface area contributed by atoms with Crippen LogP contribution in [-0.2, 0) is 6.42 Å². The maximum Gasteiger partial charge on any atom is 0.252 e. The second-order valence-corrected chi connectivity index (χ2v) is 6.08. The average molecular weight is 292 g/mol. The van der Waals surface area contributed by atoms with E-state index in [0.29, 0.717) is 29.5 Å². The molecule has 0 amide bonds. The number of carbonyl (C=O) groups is 1.